The summed E-state index contributed by atoms with van der Waals surface area (Å²) in [6.07, 6.45) is 1.03. The van der Waals surface area contributed by atoms with Crippen LogP contribution in [0.3, 0.4) is 0 Å². The number of aryl methyl sites for hydroxylation is 1. The average molecular weight is 393 g/mol. The lowest BCUT2D eigenvalue weighted by Gasteiger charge is -2.10. The van der Waals surface area contributed by atoms with E-state index in [9.17, 15) is 9.18 Å². The fraction of sp³-hybridized carbons (Fsp3) is 0.217. The lowest BCUT2D eigenvalue weighted by Crippen LogP contribution is -2.16. The Morgan fingerprint density at radius 3 is 2.28 bits per heavy atom. The number of benzene rings is 2. The number of pyridine rings is 1. The minimum Gasteiger partial charge on any atom is -0.457 e. The lowest BCUT2D eigenvalue weighted by atomic mass is 10.0. The van der Waals surface area contributed by atoms with Crippen molar-refractivity contribution in [3.05, 3.63) is 77.2 Å². The van der Waals surface area contributed by atoms with Crippen molar-refractivity contribution in [3.8, 4) is 11.5 Å². The highest BCUT2D eigenvalue weighted by Gasteiger charge is 2.14. The van der Waals surface area contributed by atoms with Crippen molar-refractivity contribution in [2.24, 2.45) is 5.92 Å². The Hall–Kier alpha value is -3.41. The van der Waals surface area contributed by atoms with Gasteiger partial charge in [-0.05, 0) is 67.3 Å². The minimum absolute atomic E-state index is 0.130. The molecule has 0 saturated heterocycles. The van der Waals surface area contributed by atoms with E-state index < -0.39 is 11.9 Å². The molecule has 0 unspecified atom stereocenters. The van der Waals surface area contributed by atoms with E-state index in [1.807, 2.05) is 12.1 Å². The van der Waals surface area contributed by atoms with Gasteiger partial charge in [0.2, 0.25) is 5.95 Å². The van der Waals surface area contributed by atoms with Crippen LogP contribution in [0.4, 0.5) is 15.9 Å². The Labute approximate surface area is 169 Å². The molecule has 0 radical (unpaired) electrons. The van der Waals surface area contributed by atoms with Crippen LogP contribution >= 0.6 is 0 Å². The number of hydrogen-bond acceptors (Lipinski definition) is 4. The number of halogens is 1. The standard InChI is InChI=1S/C23H24FN3O2/c1-14(2)12-16-4-8-18(9-5-16)29-19-10-6-17(7-11-19)26-23(28)20-13-15(3)21(24)27-22(20)25/h4-11,13-14H,12H2,1-3H3,(H2,25,27)(H,26,28). The quantitative estimate of drug-likeness (QED) is 0.553. The number of aromatic nitrogens is 1. The van der Waals surface area contributed by atoms with Crippen molar-refractivity contribution in [2.75, 3.05) is 11.1 Å². The Morgan fingerprint density at radius 2 is 1.69 bits per heavy atom. The minimum atomic E-state index is -0.683. The molecule has 2 aromatic carbocycles. The van der Waals surface area contributed by atoms with Crippen LogP contribution in [0.2, 0.25) is 0 Å². The van der Waals surface area contributed by atoms with E-state index >= 15 is 0 Å². The number of nitrogens with one attached hydrogen (secondary N) is 1. The Bertz CT molecular complexity index is 1000. The molecule has 3 rings (SSSR count). The summed E-state index contributed by atoms with van der Waals surface area (Å²) >= 11 is 0. The number of hydrogen-bond donors (Lipinski definition) is 2. The summed E-state index contributed by atoms with van der Waals surface area (Å²) in [6.45, 7) is 5.90. The average Bonchev–Trinajstić information content (AvgIpc) is 2.67. The fourth-order valence-corrected chi connectivity index (χ4v) is 2.89. The molecule has 150 valence electrons. The summed E-state index contributed by atoms with van der Waals surface area (Å²) in [5.74, 6) is 0.722. The monoisotopic (exact) mass is 393 g/mol. The van der Waals surface area contributed by atoms with E-state index in [0.717, 1.165) is 12.2 Å². The molecule has 0 saturated carbocycles. The molecular weight excluding hydrogens is 369 g/mol. The van der Waals surface area contributed by atoms with Crippen molar-refractivity contribution in [2.45, 2.75) is 27.2 Å². The highest BCUT2D eigenvalue weighted by atomic mass is 19.1. The predicted octanol–water partition coefficient (Wildman–Crippen LogP) is 5.35. The van der Waals surface area contributed by atoms with Crippen molar-refractivity contribution in [3.63, 3.8) is 0 Å². The zero-order chi connectivity index (χ0) is 21.0. The molecule has 0 aliphatic carbocycles. The summed E-state index contributed by atoms with van der Waals surface area (Å²) in [5.41, 5.74) is 7.89. The van der Waals surface area contributed by atoms with Crippen molar-refractivity contribution < 1.29 is 13.9 Å². The number of nitrogens with two attached hydrogens (primary N) is 1. The molecule has 0 atom stereocenters. The van der Waals surface area contributed by atoms with E-state index in [-0.39, 0.29) is 16.9 Å². The van der Waals surface area contributed by atoms with E-state index in [1.54, 1.807) is 24.3 Å². The van der Waals surface area contributed by atoms with Gasteiger partial charge in [0, 0.05) is 11.3 Å². The van der Waals surface area contributed by atoms with Crippen molar-refractivity contribution in [1.29, 1.82) is 0 Å². The summed E-state index contributed by atoms with van der Waals surface area (Å²) in [7, 11) is 0. The smallest absolute Gasteiger partial charge is 0.259 e. The number of amides is 1. The van der Waals surface area contributed by atoms with Crippen LogP contribution in [0.1, 0.15) is 35.3 Å². The van der Waals surface area contributed by atoms with Gasteiger partial charge in [-0.2, -0.15) is 4.39 Å². The largest absolute Gasteiger partial charge is 0.457 e. The first-order chi connectivity index (χ1) is 13.8. The molecule has 1 aromatic heterocycles. The first kappa shape index (κ1) is 20.3. The number of ether oxygens (including phenoxy) is 1. The molecule has 5 nitrogen and oxygen atoms in total. The number of nitrogens with zero attached hydrogens (tertiary/aromatic N) is 1. The maximum atomic E-state index is 13.4. The van der Waals surface area contributed by atoms with Crippen LogP contribution in [0, 0.1) is 18.8 Å². The molecule has 0 aliphatic heterocycles. The molecule has 0 spiro atoms. The second-order valence-corrected chi connectivity index (χ2v) is 7.35. The third-order valence-electron chi connectivity index (χ3n) is 4.34. The lowest BCUT2D eigenvalue weighted by molar-refractivity contribution is 0.102. The van der Waals surface area contributed by atoms with Gasteiger partial charge in [0.1, 0.15) is 17.3 Å². The fourth-order valence-electron chi connectivity index (χ4n) is 2.89. The second kappa shape index (κ2) is 8.73. The van der Waals surface area contributed by atoms with E-state index in [2.05, 4.69) is 36.3 Å². The molecule has 0 aliphatic rings. The molecule has 1 heterocycles. The molecule has 0 bridgehead atoms. The first-order valence-corrected chi connectivity index (χ1v) is 9.42. The Morgan fingerprint density at radius 1 is 1.10 bits per heavy atom. The summed E-state index contributed by atoms with van der Waals surface area (Å²) < 4.78 is 19.3. The van der Waals surface area contributed by atoms with E-state index in [0.29, 0.717) is 17.4 Å². The molecular formula is C23H24FN3O2. The van der Waals surface area contributed by atoms with Crippen LogP contribution in [0.15, 0.2) is 54.6 Å². The van der Waals surface area contributed by atoms with Gasteiger partial charge in [-0.1, -0.05) is 26.0 Å². The van der Waals surface area contributed by atoms with Crippen LogP contribution in [0.25, 0.3) is 0 Å². The van der Waals surface area contributed by atoms with Crippen LogP contribution in [-0.2, 0) is 6.42 Å². The summed E-state index contributed by atoms with van der Waals surface area (Å²) in [5, 5.41) is 2.73. The zero-order valence-electron chi connectivity index (χ0n) is 16.7. The van der Waals surface area contributed by atoms with Crippen LogP contribution < -0.4 is 15.8 Å². The molecule has 0 fully saturated rings. The van der Waals surface area contributed by atoms with Gasteiger partial charge >= 0.3 is 0 Å². The van der Waals surface area contributed by atoms with Gasteiger partial charge < -0.3 is 15.8 Å². The van der Waals surface area contributed by atoms with Crippen LogP contribution in [0.5, 0.6) is 11.5 Å². The molecule has 1 amide bonds. The van der Waals surface area contributed by atoms with Crippen molar-refractivity contribution in [1.82, 2.24) is 4.98 Å². The maximum Gasteiger partial charge on any atom is 0.259 e. The Balaban J connectivity index is 1.64. The van der Waals surface area contributed by atoms with Gasteiger partial charge in [0.15, 0.2) is 0 Å². The normalized spacial score (nSPS) is 10.8. The number of carbonyl (C=O) groups is 1. The predicted molar refractivity (Wildman–Crippen MR) is 113 cm³/mol. The zero-order valence-corrected chi connectivity index (χ0v) is 16.7. The molecule has 3 N–H and O–H groups in total. The number of anilines is 2. The van der Waals surface area contributed by atoms with Gasteiger partial charge in [-0.3, -0.25) is 4.79 Å². The highest BCUT2D eigenvalue weighted by Crippen LogP contribution is 2.24. The first-order valence-electron chi connectivity index (χ1n) is 9.42. The van der Waals surface area contributed by atoms with E-state index in [1.165, 1.54) is 18.6 Å². The highest BCUT2D eigenvalue weighted by molar-refractivity contribution is 6.07. The van der Waals surface area contributed by atoms with Crippen molar-refractivity contribution >= 4 is 17.4 Å². The molecule has 3 aromatic rings. The van der Waals surface area contributed by atoms with Crippen LogP contribution in [-0.4, -0.2) is 10.9 Å². The van der Waals surface area contributed by atoms with Gasteiger partial charge in [-0.15, -0.1) is 0 Å². The number of nitrogen functional groups attached to an aromatic ring is 1. The summed E-state index contributed by atoms with van der Waals surface area (Å²) in [6, 6.07) is 16.4. The Kier molecular flexibility index (Phi) is 6.12. The van der Waals surface area contributed by atoms with Gasteiger partial charge in [0.25, 0.3) is 5.91 Å². The maximum absolute atomic E-state index is 13.4. The van der Waals surface area contributed by atoms with E-state index in [4.69, 9.17) is 10.5 Å². The second-order valence-electron chi connectivity index (χ2n) is 7.35. The molecule has 6 heteroatoms. The summed E-state index contributed by atoms with van der Waals surface area (Å²) in [4.78, 5) is 15.9. The SMILES string of the molecule is Cc1cc(C(=O)Nc2ccc(Oc3ccc(CC(C)C)cc3)cc2)c(N)nc1F. The number of rotatable bonds is 6. The third kappa shape index (κ3) is 5.31. The topological polar surface area (TPSA) is 77.2 Å². The van der Waals surface area contributed by atoms with Gasteiger partial charge in [-0.25, -0.2) is 4.98 Å². The third-order valence-corrected chi connectivity index (χ3v) is 4.34. The van der Waals surface area contributed by atoms with Gasteiger partial charge in [0.05, 0.1) is 5.56 Å². The number of carbonyl (C=O) groups excluding carboxylic acids is 1. The molecule has 29 heavy (non-hydrogen) atoms.